The van der Waals surface area contributed by atoms with Crippen LogP contribution in [0.3, 0.4) is 0 Å². The molecule has 0 aliphatic carbocycles. The number of imide groups is 2. The highest BCUT2D eigenvalue weighted by Crippen LogP contribution is 2.31. The zero-order valence-corrected chi connectivity index (χ0v) is 21.6. The van der Waals surface area contributed by atoms with E-state index in [-0.39, 0.29) is 17.9 Å². The molecule has 1 aromatic heterocycles. The summed E-state index contributed by atoms with van der Waals surface area (Å²) in [7, 11) is 2.70. The third-order valence-electron chi connectivity index (χ3n) is 5.42. The smallest absolute Gasteiger partial charge is 0.373 e. The van der Waals surface area contributed by atoms with Gasteiger partial charge in [-0.2, -0.15) is 0 Å². The number of anilines is 1. The molecule has 3 aromatic rings. The summed E-state index contributed by atoms with van der Waals surface area (Å²) < 4.78 is 21.9. The van der Waals surface area contributed by atoms with Crippen LogP contribution in [0.15, 0.2) is 63.0 Å². The van der Waals surface area contributed by atoms with Crippen molar-refractivity contribution in [3.8, 4) is 11.5 Å². The molecule has 10 nitrogen and oxygen atoms in total. The van der Waals surface area contributed by atoms with Crippen LogP contribution in [-0.4, -0.2) is 38.0 Å². The summed E-state index contributed by atoms with van der Waals surface area (Å²) in [5, 5.41) is 2.21. The summed E-state index contributed by atoms with van der Waals surface area (Å²) in [4.78, 5) is 50.7. The molecule has 0 atom stereocenters. The quantitative estimate of drug-likeness (QED) is 0.253. The Hall–Kier alpha value is -4.38. The van der Waals surface area contributed by atoms with Crippen LogP contribution in [0.1, 0.15) is 27.4 Å². The zero-order valence-electron chi connectivity index (χ0n) is 20.0. The maximum absolute atomic E-state index is 13.2. The first-order valence-corrected chi connectivity index (χ1v) is 11.7. The lowest BCUT2D eigenvalue weighted by atomic mass is 10.1. The van der Waals surface area contributed by atoms with E-state index in [0.717, 1.165) is 9.37 Å². The molecule has 1 saturated heterocycles. The largest absolute Gasteiger partial charge is 0.493 e. The van der Waals surface area contributed by atoms with Gasteiger partial charge in [-0.3, -0.25) is 14.9 Å². The predicted octanol–water partition coefficient (Wildman–Crippen LogP) is 4.39. The number of rotatable bonds is 7. The first kappa shape index (κ1) is 25.7. The van der Waals surface area contributed by atoms with E-state index < -0.39 is 23.8 Å². The standard InChI is InChI=1S/C26H21BrN2O8/c1-14-10-16(27)5-7-19(14)29-24(31)18(23(30)28-26(29)33)11-15-4-8-20(22(12-15)34-2)36-13-17-6-9-21(37-17)25(32)35-3/h4-12H,13H2,1-3H3,(H,28,30,33). The summed E-state index contributed by atoms with van der Waals surface area (Å²) in [6.45, 7) is 1.77. The van der Waals surface area contributed by atoms with E-state index in [4.69, 9.17) is 13.9 Å². The first-order chi connectivity index (χ1) is 17.7. The second-order valence-electron chi connectivity index (χ2n) is 7.85. The van der Waals surface area contributed by atoms with Crippen LogP contribution in [0, 0.1) is 6.92 Å². The Morgan fingerprint density at radius 2 is 1.84 bits per heavy atom. The molecule has 1 aliphatic rings. The number of urea groups is 1. The number of esters is 1. The molecule has 0 bridgehead atoms. The average molecular weight is 569 g/mol. The molecular formula is C26H21BrN2O8. The minimum atomic E-state index is -0.827. The van der Waals surface area contributed by atoms with Crippen molar-refractivity contribution < 1.29 is 37.8 Å². The van der Waals surface area contributed by atoms with E-state index in [2.05, 4.69) is 26.0 Å². The number of carbonyl (C=O) groups excluding carboxylic acids is 4. The van der Waals surface area contributed by atoms with Gasteiger partial charge in [-0.25, -0.2) is 14.5 Å². The number of aryl methyl sites for hydroxylation is 1. The van der Waals surface area contributed by atoms with Crippen LogP contribution >= 0.6 is 15.9 Å². The van der Waals surface area contributed by atoms with Crippen molar-refractivity contribution in [3.05, 3.63) is 81.2 Å². The van der Waals surface area contributed by atoms with Crippen LogP contribution in [0.5, 0.6) is 11.5 Å². The van der Waals surface area contributed by atoms with Crippen molar-refractivity contribution in [2.75, 3.05) is 19.1 Å². The van der Waals surface area contributed by atoms with Crippen molar-refractivity contribution in [1.29, 1.82) is 0 Å². The number of barbiturate groups is 1. The Kier molecular flexibility index (Phi) is 7.44. The fourth-order valence-corrected chi connectivity index (χ4v) is 4.10. The van der Waals surface area contributed by atoms with Crippen LogP contribution in [0.25, 0.3) is 6.08 Å². The minimum absolute atomic E-state index is 0.0122. The third-order valence-corrected chi connectivity index (χ3v) is 5.91. The Morgan fingerprint density at radius 3 is 2.54 bits per heavy atom. The SMILES string of the molecule is COC(=O)c1ccc(COc2ccc(C=C3C(=O)NC(=O)N(c4ccc(Br)cc4C)C3=O)cc2OC)o1. The van der Waals surface area contributed by atoms with E-state index >= 15 is 0 Å². The van der Waals surface area contributed by atoms with Crippen LogP contribution in [0.4, 0.5) is 10.5 Å². The third kappa shape index (κ3) is 5.41. The zero-order chi connectivity index (χ0) is 26.7. The fraction of sp³-hybridized carbons (Fsp3) is 0.154. The van der Waals surface area contributed by atoms with Gasteiger partial charge in [-0.05, 0) is 66.6 Å². The molecule has 0 spiro atoms. The van der Waals surface area contributed by atoms with Crippen molar-refractivity contribution >= 4 is 51.5 Å². The lowest BCUT2D eigenvalue weighted by Crippen LogP contribution is -2.54. The number of amides is 4. The Bertz CT molecular complexity index is 1440. The monoisotopic (exact) mass is 568 g/mol. The molecule has 0 unspecified atom stereocenters. The molecule has 190 valence electrons. The van der Waals surface area contributed by atoms with Crippen LogP contribution < -0.4 is 19.7 Å². The number of ether oxygens (including phenoxy) is 3. The highest BCUT2D eigenvalue weighted by atomic mass is 79.9. The molecule has 11 heteroatoms. The molecule has 4 amide bonds. The van der Waals surface area contributed by atoms with Gasteiger partial charge in [-0.1, -0.05) is 22.0 Å². The summed E-state index contributed by atoms with van der Waals surface area (Å²) in [5.74, 6) is -1.02. The Morgan fingerprint density at radius 1 is 1.05 bits per heavy atom. The number of hydrogen-bond donors (Lipinski definition) is 1. The molecule has 0 saturated carbocycles. The minimum Gasteiger partial charge on any atom is -0.493 e. The number of methoxy groups -OCH3 is 2. The summed E-state index contributed by atoms with van der Waals surface area (Å²) in [5.41, 5.74) is 1.28. The van der Waals surface area contributed by atoms with Gasteiger partial charge in [0.2, 0.25) is 5.76 Å². The number of furan rings is 1. The molecule has 37 heavy (non-hydrogen) atoms. The second-order valence-corrected chi connectivity index (χ2v) is 8.76. The van der Waals surface area contributed by atoms with Crippen molar-refractivity contribution in [2.45, 2.75) is 13.5 Å². The molecule has 2 aromatic carbocycles. The number of nitrogens with zero attached hydrogens (tertiary/aromatic N) is 1. The summed E-state index contributed by atoms with van der Waals surface area (Å²) >= 11 is 3.35. The average Bonchev–Trinajstić information content (AvgIpc) is 3.35. The van der Waals surface area contributed by atoms with Crippen molar-refractivity contribution in [3.63, 3.8) is 0 Å². The van der Waals surface area contributed by atoms with Gasteiger partial charge < -0.3 is 18.6 Å². The van der Waals surface area contributed by atoms with E-state index in [1.807, 2.05) is 0 Å². The maximum atomic E-state index is 13.2. The molecule has 4 rings (SSSR count). The van der Waals surface area contributed by atoms with Gasteiger partial charge in [0, 0.05) is 4.47 Å². The van der Waals surface area contributed by atoms with Crippen LogP contribution in [-0.2, 0) is 20.9 Å². The lowest BCUT2D eigenvalue weighted by molar-refractivity contribution is -0.122. The second kappa shape index (κ2) is 10.7. The first-order valence-electron chi connectivity index (χ1n) is 10.9. The number of nitrogens with one attached hydrogen (secondary N) is 1. The number of carbonyl (C=O) groups is 4. The lowest BCUT2D eigenvalue weighted by Gasteiger charge is -2.27. The van der Waals surface area contributed by atoms with Gasteiger partial charge >= 0.3 is 12.0 Å². The van der Waals surface area contributed by atoms with Crippen molar-refractivity contribution in [2.24, 2.45) is 0 Å². The fourth-order valence-electron chi connectivity index (χ4n) is 3.62. The van der Waals surface area contributed by atoms with Gasteiger partial charge in [-0.15, -0.1) is 0 Å². The number of hydrogen-bond acceptors (Lipinski definition) is 8. The van der Waals surface area contributed by atoms with E-state index in [9.17, 15) is 19.2 Å². The van der Waals surface area contributed by atoms with Gasteiger partial charge in [0.15, 0.2) is 11.5 Å². The number of benzene rings is 2. The normalized spacial score (nSPS) is 14.5. The molecule has 2 heterocycles. The van der Waals surface area contributed by atoms with Gasteiger partial charge in [0.25, 0.3) is 11.8 Å². The Labute approximate surface area is 219 Å². The van der Waals surface area contributed by atoms with E-state index in [1.54, 1.807) is 49.4 Å². The van der Waals surface area contributed by atoms with Gasteiger partial charge in [0.05, 0.1) is 19.9 Å². The highest BCUT2D eigenvalue weighted by Gasteiger charge is 2.37. The van der Waals surface area contributed by atoms with Crippen molar-refractivity contribution in [1.82, 2.24) is 5.32 Å². The predicted molar refractivity (Wildman–Crippen MR) is 135 cm³/mol. The summed E-state index contributed by atoms with van der Waals surface area (Å²) in [6.07, 6.45) is 1.37. The maximum Gasteiger partial charge on any atom is 0.373 e. The highest BCUT2D eigenvalue weighted by molar-refractivity contribution is 9.10. The van der Waals surface area contributed by atoms with Crippen LogP contribution in [0.2, 0.25) is 0 Å². The molecular weight excluding hydrogens is 548 g/mol. The van der Waals surface area contributed by atoms with E-state index in [0.29, 0.717) is 34.1 Å². The van der Waals surface area contributed by atoms with E-state index in [1.165, 1.54) is 26.4 Å². The topological polar surface area (TPSA) is 124 Å². The Balaban J connectivity index is 1.57. The molecule has 1 aliphatic heterocycles. The molecule has 0 radical (unpaired) electrons. The molecule has 1 fully saturated rings. The number of halogens is 1. The van der Waals surface area contributed by atoms with Gasteiger partial charge in [0.1, 0.15) is 17.9 Å². The summed E-state index contributed by atoms with van der Waals surface area (Å²) in [6, 6.07) is 12.1. The molecule has 1 N–H and O–H groups in total.